The number of piperazine rings is 2. The van der Waals surface area contributed by atoms with Gasteiger partial charge in [0, 0.05) is 58.0 Å². The highest BCUT2D eigenvalue weighted by Crippen LogP contribution is 2.27. The fraction of sp³-hybridized carbons (Fsp3) is 0.435. The Bertz CT molecular complexity index is 813. The maximum absolute atomic E-state index is 13.1. The number of nitrogens with zero attached hydrogens (tertiary/aromatic N) is 4. The number of hydrogen-bond donors (Lipinski definition) is 1. The smallest absolute Gasteiger partial charge is 0.239 e. The van der Waals surface area contributed by atoms with Crippen LogP contribution in [0.3, 0.4) is 0 Å². The highest BCUT2D eigenvalue weighted by molar-refractivity contribution is 5.82. The molecule has 2 heterocycles. The second kappa shape index (κ2) is 8.74. The molecule has 0 spiro atoms. The number of para-hydroxylation sites is 3. The third-order valence-corrected chi connectivity index (χ3v) is 6.15. The molecule has 2 fully saturated rings. The molecule has 0 aliphatic carbocycles. The predicted octanol–water partition coefficient (Wildman–Crippen LogP) is 2.25. The summed E-state index contributed by atoms with van der Waals surface area (Å²) in [6, 6.07) is 17.8. The van der Waals surface area contributed by atoms with Crippen molar-refractivity contribution >= 4 is 17.3 Å². The Hall–Kier alpha value is -2.73. The largest absolute Gasteiger partial charge is 0.506 e. The molecule has 0 bridgehead atoms. The molecule has 6 nitrogen and oxygen atoms in total. The van der Waals surface area contributed by atoms with E-state index in [9.17, 15) is 9.90 Å². The van der Waals surface area contributed by atoms with Crippen molar-refractivity contribution in [2.75, 3.05) is 62.2 Å². The number of amides is 1. The highest BCUT2D eigenvalue weighted by Gasteiger charge is 2.30. The molecule has 0 aromatic heterocycles. The van der Waals surface area contributed by atoms with Crippen molar-refractivity contribution in [2.45, 2.75) is 13.0 Å². The average Bonchev–Trinajstić information content (AvgIpc) is 2.79. The third kappa shape index (κ3) is 4.32. The number of benzene rings is 2. The van der Waals surface area contributed by atoms with Crippen molar-refractivity contribution in [1.82, 2.24) is 9.80 Å². The minimum absolute atomic E-state index is 0.107. The summed E-state index contributed by atoms with van der Waals surface area (Å²) < 4.78 is 0. The van der Waals surface area contributed by atoms with Crippen molar-refractivity contribution in [3.63, 3.8) is 0 Å². The molecule has 0 radical (unpaired) electrons. The number of rotatable bonds is 4. The second-order valence-electron chi connectivity index (χ2n) is 7.84. The Morgan fingerprint density at radius 3 is 2.03 bits per heavy atom. The monoisotopic (exact) mass is 394 g/mol. The van der Waals surface area contributed by atoms with Crippen molar-refractivity contribution in [3.8, 4) is 5.75 Å². The first kappa shape index (κ1) is 19.6. The van der Waals surface area contributed by atoms with Crippen LogP contribution in [0.5, 0.6) is 5.75 Å². The van der Waals surface area contributed by atoms with Gasteiger partial charge in [0.25, 0.3) is 0 Å². The number of anilines is 2. The lowest BCUT2D eigenvalue weighted by Crippen LogP contribution is -2.57. The standard InChI is InChI=1S/C23H30N4O2/c1-19(24-11-15-26(16-12-24)21-9-5-6-10-22(21)28)23(29)27-17-13-25(14-18-27)20-7-3-2-4-8-20/h2-10,19,28H,11-18H2,1H3/t19-/m1/s1. The SMILES string of the molecule is C[C@H](C(=O)N1CCN(c2ccccc2)CC1)N1CCN(c2ccccc2O)CC1. The Morgan fingerprint density at radius 2 is 1.38 bits per heavy atom. The summed E-state index contributed by atoms with van der Waals surface area (Å²) in [5.41, 5.74) is 2.11. The molecule has 4 rings (SSSR count). The number of aromatic hydroxyl groups is 1. The first-order valence-electron chi connectivity index (χ1n) is 10.5. The van der Waals surface area contributed by atoms with Gasteiger partial charge in [0.05, 0.1) is 11.7 Å². The summed E-state index contributed by atoms with van der Waals surface area (Å²) >= 11 is 0. The third-order valence-electron chi connectivity index (χ3n) is 6.15. The predicted molar refractivity (Wildman–Crippen MR) is 117 cm³/mol. The van der Waals surface area contributed by atoms with E-state index in [2.05, 4.69) is 39.0 Å². The lowest BCUT2D eigenvalue weighted by Gasteiger charge is -2.42. The fourth-order valence-electron chi connectivity index (χ4n) is 4.33. The lowest BCUT2D eigenvalue weighted by molar-refractivity contribution is -0.136. The van der Waals surface area contributed by atoms with E-state index in [1.54, 1.807) is 6.07 Å². The van der Waals surface area contributed by atoms with Gasteiger partial charge in [0.1, 0.15) is 5.75 Å². The Labute approximate surface area is 172 Å². The van der Waals surface area contributed by atoms with E-state index in [1.165, 1.54) is 5.69 Å². The molecule has 0 saturated carbocycles. The maximum Gasteiger partial charge on any atom is 0.239 e. The summed E-state index contributed by atoms with van der Waals surface area (Å²) in [5.74, 6) is 0.551. The first-order chi connectivity index (χ1) is 14.1. The molecule has 29 heavy (non-hydrogen) atoms. The Kier molecular flexibility index (Phi) is 5.90. The van der Waals surface area contributed by atoms with E-state index >= 15 is 0 Å². The van der Waals surface area contributed by atoms with Crippen LogP contribution < -0.4 is 9.80 Å². The van der Waals surface area contributed by atoms with Crippen LogP contribution in [0.2, 0.25) is 0 Å². The number of phenols is 1. The van der Waals surface area contributed by atoms with Gasteiger partial charge in [-0.1, -0.05) is 30.3 Å². The van der Waals surface area contributed by atoms with Gasteiger partial charge in [0.2, 0.25) is 5.91 Å². The quantitative estimate of drug-likeness (QED) is 0.862. The van der Waals surface area contributed by atoms with Crippen molar-refractivity contribution in [1.29, 1.82) is 0 Å². The number of carbonyl (C=O) groups is 1. The Morgan fingerprint density at radius 1 is 0.793 bits per heavy atom. The molecule has 1 amide bonds. The number of hydrogen-bond acceptors (Lipinski definition) is 5. The molecule has 2 aliphatic heterocycles. The van der Waals surface area contributed by atoms with Gasteiger partial charge >= 0.3 is 0 Å². The molecule has 1 N–H and O–H groups in total. The number of carbonyl (C=O) groups excluding carboxylic acids is 1. The van der Waals surface area contributed by atoms with Crippen molar-refractivity contribution < 1.29 is 9.90 Å². The molecular formula is C23H30N4O2. The molecule has 2 aliphatic rings. The van der Waals surface area contributed by atoms with E-state index < -0.39 is 0 Å². The summed E-state index contributed by atoms with van der Waals surface area (Å²) in [5, 5.41) is 10.1. The van der Waals surface area contributed by atoms with E-state index in [0.29, 0.717) is 5.75 Å². The molecule has 2 saturated heterocycles. The topological polar surface area (TPSA) is 50.3 Å². The van der Waals surface area contributed by atoms with Crippen molar-refractivity contribution in [2.24, 2.45) is 0 Å². The van der Waals surface area contributed by atoms with Gasteiger partial charge in [-0.05, 0) is 31.2 Å². The van der Waals surface area contributed by atoms with Crippen LogP contribution in [0.1, 0.15) is 6.92 Å². The first-order valence-corrected chi connectivity index (χ1v) is 10.5. The summed E-state index contributed by atoms with van der Waals surface area (Å²) in [6.07, 6.45) is 0. The van der Waals surface area contributed by atoms with Crippen LogP contribution in [0.15, 0.2) is 54.6 Å². The zero-order valence-corrected chi connectivity index (χ0v) is 17.1. The van der Waals surface area contributed by atoms with Crippen LogP contribution in [0.25, 0.3) is 0 Å². The molecule has 2 aromatic rings. The highest BCUT2D eigenvalue weighted by atomic mass is 16.3. The van der Waals surface area contributed by atoms with Gasteiger partial charge in [-0.3, -0.25) is 9.69 Å². The van der Waals surface area contributed by atoms with Crippen molar-refractivity contribution in [3.05, 3.63) is 54.6 Å². The van der Waals surface area contributed by atoms with Crippen LogP contribution >= 0.6 is 0 Å². The zero-order valence-electron chi connectivity index (χ0n) is 17.1. The van der Waals surface area contributed by atoms with Crippen LogP contribution in [0, 0.1) is 0 Å². The fourth-order valence-corrected chi connectivity index (χ4v) is 4.33. The molecule has 2 aromatic carbocycles. The van der Waals surface area contributed by atoms with Gasteiger partial charge in [-0.25, -0.2) is 0 Å². The van der Waals surface area contributed by atoms with Gasteiger partial charge in [0.15, 0.2) is 0 Å². The zero-order chi connectivity index (χ0) is 20.2. The van der Waals surface area contributed by atoms with Crippen LogP contribution in [-0.2, 0) is 4.79 Å². The van der Waals surface area contributed by atoms with E-state index in [-0.39, 0.29) is 11.9 Å². The van der Waals surface area contributed by atoms with Crippen LogP contribution in [0.4, 0.5) is 11.4 Å². The second-order valence-corrected chi connectivity index (χ2v) is 7.84. The molecular weight excluding hydrogens is 364 g/mol. The van der Waals surface area contributed by atoms with E-state index in [4.69, 9.17) is 0 Å². The molecule has 154 valence electrons. The maximum atomic E-state index is 13.1. The minimum Gasteiger partial charge on any atom is -0.506 e. The van der Waals surface area contributed by atoms with Gasteiger partial charge in [-0.15, -0.1) is 0 Å². The Balaban J connectivity index is 1.29. The summed E-state index contributed by atoms with van der Waals surface area (Å²) in [6.45, 7) is 8.62. The molecule has 6 heteroatoms. The minimum atomic E-state index is -0.107. The van der Waals surface area contributed by atoms with Gasteiger partial charge in [-0.2, -0.15) is 0 Å². The number of phenolic OH excluding ortho intramolecular Hbond substituents is 1. The van der Waals surface area contributed by atoms with E-state index in [1.807, 2.05) is 36.1 Å². The average molecular weight is 395 g/mol. The molecule has 1 atom stereocenters. The normalized spacial score (nSPS) is 19.3. The summed E-state index contributed by atoms with van der Waals surface area (Å²) in [4.78, 5) is 21.9. The molecule has 0 unspecified atom stereocenters. The van der Waals surface area contributed by atoms with E-state index in [0.717, 1.165) is 58.0 Å². The van der Waals surface area contributed by atoms with Gasteiger partial charge < -0.3 is 19.8 Å². The summed E-state index contributed by atoms with van der Waals surface area (Å²) in [7, 11) is 0. The lowest BCUT2D eigenvalue weighted by atomic mass is 10.1. The van der Waals surface area contributed by atoms with Crippen LogP contribution in [-0.4, -0.2) is 79.2 Å².